The number of para-hydroxylation sites is 1. The monoisotopic (exact) mass is 471 g/mol. The number of benzene rings is 1. The fourth-order valence-electron chi connectivity index (χ4n) is 3.45. The number of nitrogens with two attached hydrogens (primary N) is 1. The van der Waals surface area contributed by atoms with E-state index < -0.39 is 18.0 Å². The zero-order valence-corrected chi connectivity index (χ0v) is 19.1. The quantitative estimate of drug-likeness (QED) is 0.190. The highest BCUT2D eigenvalue weighted by Crippen LogP contribution is 2.17. The SMILES string of the molecule is N=C(N)c1csc(C[C@H](NC(=O)CCCOc2ccccc2)C(=O)NC(=O)[C@@H]2CCCN2)c1. The van der Waals surface area contributed by atoms with Crippen molar-refractivity contribution < 1.29 is 19.1 Å². The van der Waals surface area contributed by atoms with E-state index in [4.69, 9.17) is 15.9 Å². The normalized spacial score (nSPS) is 16.1. The predicted octanol–water partition coefficient (Wildman–Crippen LogP) is 1.31. The predicted molar refractivity (Wildman–Crippen MR) is 126 cm³/mol. The number of nitrogen functional groups attached to an aromatic ring is 1. The zero-order valence-electron chi connectivity index (χ0n) is 18.3. The molecule has 1 aromatic heterocycles. The molecule has 1 aliphatic heterocycles. The lowest BCUT2D eigenvalue weighted by atomic mass is 10.1. The molecule has 2 heterocycles. The molecule has 0 bridgehead atoms. The number of thiophene rings is 1. The molecule has 3 rings (SSSR count). The highest BCUT2D eigenvalue weighted by Gasteiger charge is 2.28. The smallest absolute Gasteiger partial charge is 0.249 e. The standard InChI is InChI=1S/C23H29N5O4S/c24-21(25)15-12-17(33-14-15)13-19(23(31)28-22(30)18-8-4-10-26-18)27-20(29)9-5-11-32-16-6-2-1-3-7-16/h1-3,6-7,12,14,18-19,26H,4-5,8-11,13H2,(H3,24,25)(H,27,29)(H,28,30,31)/t18-,19-/m0/s1. The summed E-state index contributed by atoms with van der Waals surface area (Å²) in [5.41, 5.74) is 6.08. The minimum Gasteiger partial charge on any atom is -0.494 e. The van der Waals surface area contributed by atoms with Crippen molar-refractivity contribution >= 4 is 34.9 Å². The van der Waals surface area contributed by atoms with Crippen LogP contribution in [0.15, 0.2) is 41.8 Å². The lowest BCUT2D eigenvalue weighted by Crippen LogP contribution is -2.52. The van der Waals surface area contributed by atoms with E-state index in [9.17, 15) is 14.4 Å². The fourth-order valence-corrected chi connectivity index (χ4v) is 4.38. The third-order valence-electron chi connectivity index (χ3n) is 5.21. The third-order valence-corrected chi connectivity index (χ3v) is 6.16. The van der Waals surface area contributed by atoms with Gasteiger partial charge in [0.2, 0.25) is 17.7 Å². The number of amidine groups is 1. The van der Waals surface area contributed by atoms with Crippen LogP contribution >= 0.6 is 11.3 Å². The highest BCUT2D eigenvalue weighted by molar-refractivity contribution is 7.10. The summed E-state index contributed by atoms with van der Waals surface area (Å²) in [7, 11) is 0. The summed E-state index contributed by atoms with van der Waals surface area (Å²) in [6.07, 6.45) is 2.40. The Labute approximate surface area is 196 Å². The molecule has 2 aromatic rings. The van der Waals surface area contributed by atoms with Crippen molar-refractivity contribution in [2.75, 3.05) is 13.2 Å². The summed E-state index contributed by atoms with van der Waals surface area (Å²) in [5.74, 6) is -0.581. The maximum atomic E-state index is 12.8. The van der Waals surface area contributed by atoms with Crippen LogP contribution in [0.25, 0.3) is 0 Å². The maximum absolute atomic E-state index is 12.8. The molecule has 2 atom stereocenters. The van der Waals surface area contributed by atoms with Crippen LogP contribution in [-0.4, -0.2) is 48.8 Å². The van der Waals surface area contributed by atoms with Crippen LogP contribution in [0.4, 0.5) is 0 Å². The molecule has 0 spiro atoms. The second-order valence-corrected chi connectivity index (χ2v) is 8.80. The van der Waals surface area contributed by atoms with Gasteiger partial charge in [-0.3, -0.25) is 25.1 Å². The molecule has 1 aromatic carbocycles. The van der Waals surface area contributed by atoms with Crippen LogP contribution in [0.5, 0.6) is 5.75 Å². The van der Waals surface area contributed by atoms with E-state index >= 15 is 0 Å². The van der Waals surface area contributed by atoms with Crippen LogP contribution in [0.3, 0.4) is 0 Å². The molecule has 6 N–H and O–H groups in total. The Morgan fingerprint density at radius 2 is 2.06 bits per heavy atom. The molecular weight excluding hydrogens is 442 g/mol. The summed E-state index contributed by atoms with van der Waals surface area (Å²) in [6.45, 7) is 1.10. The second kappa shape index (κ2) is 12.1. The minimum absolute atomic E-state index is 0.0663. The van der Waals surface area contributed by atoms with E-state index in [0.717, 1.165) is 23.6 Å². The van der Waals surface area contributed by atoms with E-state index in [2.05, 4.69) is 16.0 Å². The van der Waals surface area contributed by atoms with Gasteiger partial charge in [-0.05, 0) is 44.0 Å². The van der Waals surface area contributed by atoms with Gasteiger partial charge < -0.3 is 21.1 Å². The first kappa shape index (κ1) is 24.4. The number of rotatable bonds is 11. The lowest BCUT2D eigenvalue weighted by molar-refractivity contribution is -0.135. The Morgan fingerprint density at radius 3 is 2.73 bits per heavy atom. The molecular formula is C23H29N5O4S. The Bertz CT molecular complexity index is 972. The van der Waals surface area contributed by atoms with E-state index in [0.29, 0.717) is 25.0 Å². The van der Waals surface area contributed by atoms with Crippen LogP contribution < -0.4 is 26.4 Å². The first-order chi connectivity index (χ1) is 15.9. The Hall–Kier alpha value is -3.24. The van der Waals surface area contributed by atoms with Crippen molar-refractivity contribution in [3.63, 3.8) is 0 Å². The topological polar surface area (TPSA) is 146 Å². The van der Waals surface area contributed by atoms with Gasteiger partial charge in [-0.15, -0.1) is 11.3 Å². The van der Waals surface area contributed by atoms with Gasteiger partial charge in [-0.25, -0.2) is 0 Å². The Kier molecular flexibility index (Phi) is 8.96. The molecule has 1 aliphatic rings. The molecule has 9 nitrogen and oxygen atoms in total. The molecule has 0 unspecified atom stereocenters. The van der Waals surface area contributed by atoms with Crippen LogP contribution in [0.1, 0.15) is 36.1 Å². The lowest BCUT2D eigenvalue weighted by Gasteiger charge is -2.19. The first-order valence-electron chi connectivity index (χ1n) is 10.9. The summed E-state index contributed by atoms with van der Waals surface area (Å²) < 4.78 is 5.60. The Balaban J connectivity index is 1.56. The van der Waals surface area contributed by atoms with Crippen molar-refractivity contribution in [3.05, 3.63) is 52.2 Å². The average Bonchev–Trinajstić information content (AvgIpc) is 3.49. The summed E-state index contributed by atoms with van der Waals surface area (Å²) >= 11 is 1.34. The van der Waals surface area contributed by atoms with E-state index in [1.807, 2.05) is 30.3 Å². The number of hydrogen-bond donors (Lipinski definition) is 5. The summed E-state index contributed by atoms with van der Waals surface area (Å²) in [4.78, 5) is 38.5. The van der Waals surface area contributed by atoms with Crippen molar-refractivity contribution in [1.29, 1.82) is 5.41 Å². The molecule has 1 fully saturated rings. The van der Waals surface area contributed by atoms with Crippen LogP contribution in [0.2, 0.25) is 0 Å². The van der Waals surface area contributed by atoms with Gasteiger partial charge in [-0.2, -0.15) is 0 Å². The molecule has 1 saturated heterocycles. The number of amides is 3. The fraction of sp³-hybridized carbons (Fsp3) is 0.391. The number of nitrogens with one attached hydrogen (secondary N) is 4. The summed E-state index contributed by atoms with van der Waals surface area (Å²) in [6, 6.07) is 9.72. The van der Waals surface area contributed by atoms with Gasteiger partial charge in [-0.1, -0.05) is 18.2 Å². The number of carbonyl (C=O) groups is 3. The van der Waals surface area contributed by atoms with Crippen molar-refractivity contribution in [2.24, 2.45) is 5.73 Å². The van der Waals surface area contributed by atoms with Crippen molar-refractivity contribution in [3.8, 4) is 5.75 Å². The number of ether oxygens (including phenoxy) is 1. The van der Waals surface area contributed by atoms with Gasteiger partial charge in [0, 0.05) is 28.7 Å². The van der Waals surface area contributed by atoms with Gasteiger partial charge >= 0.3 is 0 Å². The van der Waals surface area contributed by atoms with Gasteiger partial charge in [0.25, 0.3) is 0 Å². The van der Waals surface area contributed by atoms with Crippen molar-refractivity contribution in [2.45, 2.75) is 44.2 Å². The Morgan fingerprint density at radius 1 is 1.27 bits per heavy atom. The number of carbonyl (C=O) groups excluding carboxylic acids is 3. The largest absolute Gasteiger partial charge is 0.494 e. The molecule has 176 valence electrons. The van der Waals surface area contributed by atoms with Gasteiger partial charge in [0.1, 0.15) is 17.6 Å². The van der Waals surface area contributed by atoms with E-state index in [1.165, 1.54) is 11.3 Å². The van der Waals surface area contributed by atoms with E-state index in [-0.39, 0.29) is 30.5 Å². The second-order valence-electron chi connectivity index (χ2n) is 7.81. The van der Waals surface area contributed by atoms with E-state index in [1.54, 1.807) is 11.4 Å². The zero-order chi connectivity index (χ0) is 23.6. The first-order valence-corrected chi connectivity index (χ1v) is 11.8. The maximum Gasteiger partial charge on any atom is 0.249 e. The average molecular weight is 472 g/mol. The molecule has 3 amide bonds. The molecule has 10 heteroatoms. The van der Waals surface area contributed by atoms with Gasteiger partial charge in [0.15, 0.2) is 0 Å². The van der Waals surface area contributed by atoms with Crippen LogP contribution in [-0.2, 0) is 20.8 Å². The number of imide groups is 1. The molecule has 0 radical (unpaired) electrons. The highest BCUT2D eigenvalue weighted by atomic mass is 32.1. The van der Waals surface area contributed by atoms with Crippen molar-refractivity contribution in [1.82, 2.24) is 16.0 Å². The number of hydrogen-bond acceptors (Lipinski definition) is 7. The summed E-state index contributed by atoms with van der Waals surface area (Å²) in [5, 5.41) is 17.5. The molecule has 33 heavy (non-hydrogen) atoms. The minimum atomic E-state index is -0.920. The molecule has 0 saturated carbocycles. The molecule has 0 aliphatic carbocycles. The third kappa shape index (κ3) is 7.69. The van der Waals surface area contributed by atoms with Crippen LogP contribution in [0, 0.1) is 5.41 Å². The van der Waals surface area contributed by atoms with Gasteiger partial charge in [0.05, 0.1) is 12.6 Å².